The summed E-state index contributed by atoms with van der Waals surface area (Å²) < 4.78 is 22.2. The molecule has 9 heteroatoms. The van der Waals surface area contributed by atoms with Crippen molar-refractivity contribution in [3.05, 3.63) is 157 Å². The first-order chi connectivity index (χ1) is 27.4. The molecule has 57 heavy (non-hydrogen) atoms. The molecule has 6 aromatic carbocycles. The van der Waals surface area contributed by atoms with Crippen LogP contribution in [0.1, 0.15) is 26.3 Å². The molecule has 6 aromatic heterocycles. The molecule has 0 aliphatic rings. The number of ether oxygens (including phenoxy) is 1. The van der Waals surface area contributed by atoms with Gasteiger partial charge in [-0.05, 0) is 94.8 Å². The number of para-hydroxylation sites is 4. The Hall–Kier alpha value is -6.63. The number of rotatable bonds is 4. The van der Waals surface area contributed by atoms with Crippen LogP contribution in [0.5, 0.6) is 11.6 Å². The molecular formula is C48H32N6O2Pt. The van der Waals surface area contributed by atoms with Crippen LogP contribution in [0.15, 0.2) is 144 Å². The molecule has 0 N–H and O–H groups in total. The molecule has 0 saturated heterocycles. The molecule has 0 saturated carbocycles. The third kappa shape index (κ3) is 4.83. The number of fused-ring (bicyclic) bond motifs is 8. The Morgan fingerprint density at radius 3 is 2.30 bits per heavy atom. The Labute approximate surface area is 340 Å². The van der Waals surface area contributed by atoms with E-state index in [9.17, 15) is 0 Å². The fourth-order valence-corrected chi connectivity index (χ4v) is 8.50. The predicted molar refractivity (Wildman–Crippen MR) is 223 cm³/mol. The Bertz CT molecular complexity index is 3560. The van der Waals surface area contributed by atoms with Gasteiger partial charge >= 0.3 is 21.1 Å². The summed E-state index contributed by atoms with van der Waals surface area (Å²) in [4.78, 5) is 10.1. The summed E-state index contributed by atoms with van der Waals surface area (Å²) in [5.41, 5.74) is 10.3. The van der Waals surface area contributed by atoms with Crippen molar-refractivity contribution in [1.29, 1.82) is 0 Å². The smallest absolute Gasteiger partial charge is 0.477 e. The van der Waals surface area contributed by atoms with Crippen molar-refractivity contribution in [2.75, 3.05) is 0 Å². The normalized spacial score (nSPS) is 12.3. The zero-order chi connectivity index (χ0) is 37.3. The molecule has 0 amide bonds. The molecular weight excluding hydrogens is 888 g/mol. The van der Waals surface area contributed by atoms with E-state index >= 15 is 0 Å². The number of hydrogen-bond acceptors (Lipinski definition) is 4. The summed E-state index contributed by atoms with van der Waals surface area (Å²) in [5, 5.41) is 4.16. The van der Waals surface area contributed by atoms with Crippen molar-refractivity contribution in [3.8, 4) is 23.1 Å². The third-order valence-corrected chi connectivity index (χ3v) is 11.1. The van der Waals surface area contributed by atoms with Crippen molar-refractivity contribution in [3.63, 3.8) is 0 Å². The Morgan fingerprint density at radius 1 is 0.667 bits per heavy atom. The molecule has 0 radical (unpaired) electrons. The predicted octanol–water partition coefficient (Wildman–Crippen LogP) is 11.8. The Kier molecular flexibility index (Phi) is 7.20. The average Bonchev–Trinajstić information content (AvgIpc) is 3.95. The van der Waals surface area contributed by atoms with Crippen LogP contribution in [0, 0.1) is 12.3 Å². The van der Waals surface area contributed by atoms with E-state index in [1.807, 2.05) is 65.2 Å². The summed E-state index contributed by atoms with van der Waals surface area (Å²) >= 11 is 0. The fraction of sp³-hybridized carbons (Fsp3) is 0.0833. The van der Waals surface area contributed by atoms with Crippen LogP contribution in [0.3, 0.4) is 0 Å². The maximum absolute atomic E-state index is 7.13. The van der Waals surface area contributed by atoms with Crippen LogP contribution in [0.4, 0.5) is 0 Å². The number of pyridine rings is 1. The summed E-state index contributed by atoms with van der Waals surface area (Å²) in [7, 11) is 0. The molecule has 276 valence electrons. The topological polar surface area (TPSA) is 66.8 Å². The number of nitrogens with zero attached hydrogens (tertiary/aromatic N) is 6. The standard InChI is InChI=1S/C48H32N6O2.Pt/c1-48(2,3)29-24-25-49-42(26-29)53-35-16-9-7-14-32(35)33-21-20-31(27-39(33)53)55-43-28-51-46-38(54-36-17-10-8-15-34(36)50-47(51)54)22-23-41-45(46)44-37(18-11-19-40(44)56-41)52(43)30-12-5-4-6-13-30;/h4-26H,1-3H3;/q-2;+2. The number of hydrogen-bond donors (Lipinski definition) is 0. The van der Waals surface area contributed by atoms with Gasteiger partial charge in [-0.15, -0.1) is 17.5 Å². The maximum atomic E-state index is 7.13. The van der Waals surface area contributed by atoms with Crippen molar-refractivity contribution in [2.45, 2.75) is 26.2 Å². The monoisotopic (exact) mass is 919 g/mol. The number of furan rings is 1. The molecule has 0 aliphatic heterocycles. The van der Waals surface area contributed by atoms with E-state index in [2.05, 4.69) is 125 Å². The molecule has 0 bridgehead atoms. The molecule has 0 aliphatic carbocycles. The first-order valence-electron chi connectivity index (χ1n) is 18.8. The number of aromatic nitrogens is 6. The second-order valence-corrected chi connectivity index (χ2v) is 15.4. The van der Waals surface area contributed by atoms with E-state index < -0.39 is 0 Å². The molecule has 12 aromatic rings. The zero-order valence-electron chi connectivity index (χ0n) is 31.1. The molecule has 0 fully saturated rings. The fourth-order valence-electron chi connectivity index (χ4n) is 8.50. The molecule has 6 heterocycles. The second-order valence-electron chi connectivity index (χ2n) is 15.4. The minimum absolute atomic E-state index is 0. The first kappa shape index (κ1) is 33.7. The van der Waals surface area contributed by atoms with E-state index in [1.165, 1.54) is 5.56 Å². The molecule has 0 atom stereocenters. The van der Waals surface area contributed by atoms with Crippen molar-refractivity contribution < 1.29 is 30.2 Å². The van der Waals surface area contributed by atoms with Gasteiger partial charge in [0.25, 0.3) is 0 Å². The van der Waals surface area contributed by atoms with E-state index in [0.717, 1.165) is 88.6 Å². The van der Waals surface area contributed by atoms with Gasteiger partial charge in [0, 0.05) is 39.4 Å². The van der Waals surface area contributed by atoms with Gasteiger partial charge in [0.1, 0.15) is 22.8 Å². The van der Waals surface area contributed by atoms with Gasteiger partial charge in [-0.25, -0.2) is 4.98 Å². The van der Waals surface area contributed by atoms with Crippen LogP contribution in [0.2, 0.25) is 0 Å². The van der Waals surface area contributed by atoms with E-state index in [0.29, 0.717) is 11.6 Å². The quantitative estimate of drug-likeness (QED) is 0.165. The first-order valence-corrected chi connectivity index (χ1v) is 18.8. The molecule has 0 spiro atoms. The molecule has 12 rings (SSSR count). The van der Waals surface area contributed by atoms with Gasteiger partial charge in [0.2, 0.25) is 0 Å². The average molecular weight is 920 g/mol. The van der Waals surface area contributed by atoms with Crippen molar-refractivity contribution >= 4 is 77.1 Å². The van der Waals surface area contributed by atoms with Crippen molar-refractivity contribution in [1.82, 2.24) is 27.9 Å². The van der Waals surface area contributed by atoms with E-state index in [1.54, 1.807) is 0 Å². The SMILES string of the molecule is CC(C)(C)c1ccnc(-n2c3[c-]c(Oc4[c-]n5c6c7c(ccc6n6c8ccccc8nc56)oc5cccc(c57)n4-c4ccccc4)ccc3c3ccccc32)c1.[Pt+2]. The number of benzene rings is 6. The van der Waals surface area contributed by atoms with Crippen LogP contribution in [-0.4, -0.2) is 27.9 Å². The van der Waals surface area contributed by atoms with Gasteiger partial charge in [-0.1, -0.05) is 80.9 Å². The Balaban J connectivity index is 0.00000374. The van der Waals surface area contributed by atoms with E-state index in [4.69, 9.17) is 19.1 Å². The Morgan fingerprint density at radius 2 is 1.44 bits per heavy atom. The van der Waals surface area contributed by atoms with E-state index in [-0.39, 0.29) is 26.5 Å². The van der Waals surface area contributed by atoms with Crippen LogP contribution >= 0.6 is 0 Å². The zero-order valence-corrected chi connectivity index (χ0v) is 33.4. The summed E-state index contributed by atoms with van der Waals surface area (Å²) in [5.74, 6) is 2.53. The van der Waals surface area contributed by atoms with Crippen LogP contribution < -0.4 is 4.74 Å². The van der Waals surface area contributed by atoms with Crippen molar-refractivity contribution in [2.24, 2.45) is 0 Å². The molecule has 0 unspecified atom stereocenters. The number of imidazole rings is 2. The minimum atomic E-state index is -0.0477. The largest absolute Gasteiger partial charge is 2.00 e. The van der Waals surface area contributed by atoms with Gasteiger partial charge in [-0.3, -0.25) is 9.55 Å². The van der Waals surface area contributed by atoms with Gasteiger partial charge in [0.15, 0.2) is 5.88 Å². The summed E-state index contributed by atoms with van der Waals surface area (Å²) in [6.07, 6.45) is 5.63. The minimum Gasteiger partial charge on any atom is -0.477 e. The summed E-state index contributed by atoms with van der Waals surface area (Å²) in [6.45, 7) is 6.67. The molecule has 8 nitrogen and oxygen atoms in total. The van der Waals surface area contributed by atoms with Gasteiger partial charge < -0.3 is 22.5 Å². The third-order valence-electron chi connectivity index (χ3n) is 11.1. The van der Waals surface area contributed by atoms with Crippen LogP contribution in [-0.2, 0) is 26.5 Å². The van der Waals surface area contributed by atoms with Crippen LogP contribution in [0.25, 0.3) is 88.6 Å². The van der Waals surface area contributed by atoms with Gasteiger partial charge in [-0.2, -0.15) is 6.07 Å². The maximum Gasteiger partial charge on any atom is 2.00 e. The van der Waals surface area contributed by atoms with Gasteiger partial charge in [0.05, 0.1) is 16.6 Å². The second kappa shape index (κ2) is 12.2. The summed E-state index contributed by atoms with van der Waals surface area (Å²) in [6, 6.07) is 49.3.